The predicted octanol–water partition coefficient (Wildman–Crippen LogP) is 1.54. The molecule has 0 heterocycles. The van der Waals surface area contributed by atoms with Crippen LogP contribution in [0.2, 0.25) is 0 Å². The van der Waals surface area contributed by atoms with Crippen molar-refractivity contribution in [1.29, 1.82) is 0 Å². The molecule has 1 aromatic rings. The van der Waals surface area contributed by atoms with Crippen LogP contribution in [0.3, 0.4) is 0 Å². The van der Waals surface area contributed by atoms with Gasteiger partial charge in [-0.05, 0) is 12.6 Å². The smallest absolute Gasteiger partial charge is 0.271 e. The Hall–Kier alpha value is -2.15. The number of nitrogens with one attached hydrogen (secondary N) is 2. The number of methoxy groups -OCH3 is 1. The lowest BCUT2D eigenvalue weighted by molar-refractivity contribution is -0.384. The third kappa shape index (κ3) is 4.55. The van der Waals surface area contributed by atoms with Gasteiger partial charge in [-0.1, -0.05) is 6.92 Å². The summed E-state index contributed by atoms with van der Waals surface area (Å²) in [5.41, 5.74) is 0.209. The third-order valence-electron chi connectivity index (χ3n) is 2.45. The molecule has 0 radical (unpaired) electrons. The minimum absolute atomic E-state index is 0.0946. The van der Waals surface area contributed by atoms with E-state index in [1.54, 1.807) is 0 Å². The molecule has 7 nitrogen and oxygen atoms in total. The van der Waals surface area contributed by atoms with Crippen LogP contribution >= 0.6 is 0 Å². The highest BCUT2D eigenvalue weighted by atomic mass is 16.6. The Morgan fingerprint density at radius 3 is 2.79 bits per heavy atom. The van der Waals surface area contributed by atoms with Gasteiger partial charge in [-0.25, -0.2) is 0 Å². The quantitative estimate of drug-likeness (QED) is 0.444. The van der Waals surface area contributed by atoms with Crippen molar-refractivity contribution in [2.24, 2.45) is 0 Å². The third-order valence-corrected chi connectivity index (χ3v) is 2.45. The molecule has 0 saturated carbocycles. The molecule has 1 aromatic carbocycles. The maximum absolute atomic E-state index is 11.7. The predicted molar refractivity (Wildman–Crippen MR) is 71.4 cm³/mol. The van der Waals surface area contributed by atoms with Gasteiger partial charge >= 0.3 is 0 Å². The fraction of sp³-hybridized carbons (Fsp3) is 0.417. The highest BCUT2D eigenvalue weighted by Gasteiger charge is 2.13. The number of nitro benzene ring substituents is 1. The number of ether oxygens (including phenoxy) is 1. The molecule has 0 atom stereocenters. The number of anilines is 1. The molecule has 0 aromatic heterocycles. The van der Waals surface area contributed by atoms with Crippen molar-refractivity contribution in [2.45, 2.75) is 13.3 Å². The van der Waals surface area contributed by atoms with Crippen LogP contribution in [-0.2, 0) is 4.79 Å². The van der Waals surface area contributed by atoms with Gasteiger partial charge in [-0.3, -0.25) is 14.9 Å². The summed E-state index contributed by atoms with van der Waals surface area (Å²) in [7, 11) is 1.44. The molecule has 7 heteroatoms. The molecule has 1 rings (SSSR count). The molecule has 0 saturated heterocycles. The number of rotatable bonds is 7. The minimum atomic E-state index is -0.520. The van der Waals surface area contributed by atoms with Crippen molar-refractivity contribution in [3.63, 3.8) is 0 Å². The summed E-state index contributed by atoms with van der Waals surface area (Å²) in [6.45, 7) is 3.29. The van der Waals surface area contributed by atoms with Crippen molar-refractivity contribution in [1.82, 2.24) is 5.32 Å². The van der Waals surface area contributed by atoms with Crippen LogP contribution < -0.4 is 15.4 Å². The first-order valence-electron chi connectivity index (χ1n) is 5.91. The summed E-state index contributed by atoms with van der Waals surface area (Å²) in [4.78, 5) is 21.8. The number of carbonyl (C=O) groups excluding carboxylic acids is 1. The fourth-order valence-corrected chi connectivity index (χ4v) is 1.50. The largest absolute Gasteiger partial charge is 0.495 e. The van der Waals surface area contributed by atoms with E-state index >= 15 is 0 Å². The summed E-state index contributed by atoms with van der Waals surface area (Å²) in [5, 5.41) is 16.3. The number of nitrogens with zero attached hydrogens (tertiary/aromatic N) is 1. The highest BCUT2D eigenvalue weighted by Crippen LogP contribution is 2.28. The van der Waals surface area contributed by atoms with E-state index in [1.807, 2.05) is 6.92 Å². The number of amides is 1. The second kappa shape index (κ2) is 7.32. The van der Waals surface area contributed by atoms with Gasteiger partial charge in [0.2, 0.25) is 5.91 Å². The molecular weight excluding hydrogens is 250 g/mol. The number of nitro groups is 1. The first-order chi connectivity index (χ1) is 9.08. The second-order valence-electron chi connectivity index (χ2n) is 3.79. The number of hydrogen-bond acceptors (Lipinski definition) is 5. The van der Waals surface area contributed by atoms with E-state index in [1.165, 1.54) is 25.3 Å². The van der Waals surface area contributed by atoms with E-state index in [-0.39, 0.29) is 11.6 Å². The van der Waals surface area contributed by atoms with Crippen molar-refractivity contribution in [2.75, 3.05) is 25.5 Å². The molecule has 2 N–H and O–H groups in total. The van der Waals surface area contributed by atoms with Gasteiger partial charge in [0.1, 0.15) is 5.75 Å². The molecule has 0 unspecified atom stereocenters. The zero-order valence-corrected chi connectivity index (χ0v) is 10.9. The molecule has 0 bridgehead atoms. The van der Waals surface area contributed by atoms with Crippen LogP contribution in [0.25, 0.3) is 0 Å². The fourth-order valence-electron chi connectivity index (χ4n) is 1.50. The summed E-state index contributed by atoms with van der Waals surface area (Å²) >= 11 is 0. The molecule has 0 aliphatic heterocycles. The number of non-ortho nitro benzene ring substituents is 1. The Morgan fingerprint density at radius 1 is 1.47 bits per heavy atom. The lowest BCUT2D eigenvalue weighted by Gasteiger charge is -2.10. The highest BCUT2D eigenvalue weighted by molar-refractivity contribution is 5.92. The number of hydrogen-bond donors (Lipinski definition) is 2. The van der Waals surface area contributed by atoms with E-state index in [2.05, 4.69) is 10.6 Å². The van der Waals surface area contributed by atoms with Crippen LogP contribution in [0, 0.1) is 10.1 Å². The zero-order chi connectivity index (χ0) is 14.3. The summed E-state index contributed by atoms with van der Waals surface area (Å²) in [6, 6.07) is 4.06. The van der Waals surface area contributed by atoms with Gasteiger partial charge in [0.05, 0.1) is 17.7 Å². The SMILES string of the molecule is CCNCCC(=O)Nc1cc([N+](=O)[O-])ccc1OC. The first-order valence-corrected chi connectivity index (χ1v) is 5.91. The van der Waals surface area contributed by atoms with Gasteiger partial charge in [0.25, 0.3) is 5.69 Å². The molecule has 0 fully saturated rings. The van der Waals surface area contributed by atoms with Gasteiger partial charge < -0.3 is 15.4 Å². The van der Waals surface area contributed by atoms with Crippen molar-refractivity contribution >= 4 is 17.3 Å². The molecule has 19 heavy (non-hydrogen) atoms. The average molecular weight is 267 g/mol. The topological polar surface area (TPSA) is 93.5 Å². The lowest BCUT2D eigenvalue weighted by Crippen LogP contribution is -2.21. The van der Waals surface area contributed by atoms with Crippen LogP contribution in [0.1, 0.15) is 13.3 Å². The summed E-state index contributed by atoms with van der Waals surface area (Å²) in [5.74, 6) is 0.169. The second-order valence-corrected chi connectivity index (χ2v) is 3.79. The lowest BCUT2D eigenvalue weighted by atomic mass is 10.2. The number of carbonyl (C=O) groups is 1. The van der Waals surface area contributed by atoms with Crippen LogP contribution in [0.15, 0.2) is 18.2 Å². The van der Waals surface area contributed by atoms with E-state index in [4.69, 9.17) is 4.74 Å². The zero-order valence-electron chi connectivity index (χ0n) is 10.9. The van der Waals surface area contributed by atoms with Crippen molar-refractivity contribution < 1.29 is 14.5 Å². The molecule has 0 aliphatic rings. The maximum atomic E-state index is 11.7. The number of benzene rings is 1. The normalized spacial score (nSPS) is 10.0. The molecular formula is C12H17N3O4. The maximum Gasteiger partial charge on any atom is 0.271 e. The Labute approximate surface area is 111 Å². The van der Waals surface area contributed by atoms with E-state index < -0.39 is 4.92 Å². The standard InChI is InChI=1S/C12H17N3O4/c1-3-13-7-6-12(16)14-10-8-9(15(17)18)4-5-11(10)19-2/h4-5,8,13H,3,6-7H2,1-2H3,(H,14,16). The Balaban J connectivity index is 2.77. The van der Waals surface area contributed by atoms with Crippen LogP contribution in [0.4, 0.5) is 11.4 Å². The molecule has 104 valence electrons. The Bertz CT molecular complexity index is 462. The van der Waals surface area contributed by atoms with Crippen LogP contribution in [-0.4, -0.2) is 31.0 Å². The summed E-state index contributed by atoms with van der Waals surface area (Å²) < 4.78 is 5.05. The van der Waals surface area contributed by atoms with Crippen molar-refractivity contribution in [3.8, 4) is 5.75 Å². The van der Waals surface area contributed by atoms with E-state index in [0.717, 1.165) is 6.54 Å². The van der Waals surface area contributed by atoms with Gasteiger partial charge in [0.15, 0.2) is 0 Å². The minimum Gasteiger partial charge on any atom is -0.495 e. The van der Waals surface area contributed by atoms with Gasteiger partial charge in [0, 0.05) is 25.1 Å². The monoisotopic (exact) mass is 267 g/mol. The molecule has 1 amide bonds. The van der Waals surface area contributed by atoms with E-state index in [0.29, 0.717) is 24.4 Å². The Kier molecular flexibility index (Phi) is 5.74. The summed E-state index contributed by atoms with van der Waals surface area (Å²) in [6.07, 6.45) is 0.291. The average Bonchev–Trinajstić information content (AvgIpc) is 2.38. The first kappa shape index (κ1) is 14.9. The van der Waals surface area contributed by atoms with Gasteiger partial charge in [-0.15, -0.1) is 0 Å². The Morgan fingerprint density at radius 2 is 2.21 bits per heavy atom. The van der Waals surface area contributed by atoms with E-state index in [9.17, 15) is 14.9 Å². The molecule has 0 spiro atoms. The molecule has 0 aliphatic carbocycles. The van der Waals surface area contributed by atoms with Crippen molar-refractivity contribution in [3.05, 3.63) is 28.3 Å². The van der Waals surface area contributed by atoms with Gasteiger partial charge in [-0.2, -0.15) is 0 Å². The van der Waals surface area contributed by atoms with Crippen LogP contribution in [0.5, 0.6) is 5.75 Å².